The predicted molar refractivity (Wildman–Crippen MR) is 58.3 cm³/mol. The standard InChI is InChI=1S/C9H18NO4P.V/c1-8(2)10(5-9(12)6-11)7-15(4,13)14-3;/h6,8H,5,7H2,1-4H3;. The minimum Gasteiger partial charge on any atom is -0.331 e. The van der Waals surface area contributed by atoms with Crippen molar-refractivity contribution in [3.8, 4) is 0 Å². The molecule has 0 rings (SSSR count). The zero-order chi connectivity index (χ0) is 12.1. The van der Waals surface area contributed by atoms with Crippen LogP contribution in [0.25, 0.3) is 0 Å². The summed E-state index contributed by atoms with van der Waals surface area (Å²) < 4.78 is 16.6. The van der Waals surface area contributed by atoms with Crippen LogP contribution in [-0.4, -0.2) is 49.6 Å². The van der Waals surface area contributed by atoms with Gasteiger partial charge in [-0.3, -0.25) is 19.1 Å². The molecule has 0 aromatic carbocycles. The maximum Gasteiger partial charge on any atom is 0.213 e. The smallest absolute Gasteiger partial charge is 0.213 e. The van der Waals surface area contributed by atoms with E-state index in [1.54, 1.807) is 4.90 Å². The SMILES string of the molecule is COP(C)(=O)CN(CC(=O)C=O)C(C)C.[V]. The van der Waals surface area contributed by atoms with Crippen LogP contribution in [0.3, 0.4) is 0 Å². The van der Waals surface area contributed by atoms with Crippen LogP contribution in [0.5, 0.6) is 0 Å². The Labute approximate surface area is 108 Å². The maximum atomic E-state index is 11.7. The summed E-state index contributed by atoms with van der Waals surface area (Å²) in [5.74, 6) is -0.514. The molecular formula is C9H18NO4PV. The summed E-state index contributed by atoms with van der Waals surface area (Å²) in [4.78, 5) is 22.8. The van der Waals surface area contributed by atoms with E-state index in [-0.39, 0.29) is 43.7 Å². The maximum absolute atomic E-state index is 11.7. The first-order valence-corrected chi connectivity index (χ1v) is 6.92. The van der Waals surface area contributed by atoms with Crippen LogP contribution in [0.2, 0.25) is 0 Å². The van der Waals surface area contributed by atoms with Gasteiger partial charge in [0.15, 0.2) is 6.29 Å². The van der Waals surface area contributed by atoms with E-state index in [0.29, 0.717) is 0 Å². The second-order valence-electron chi connectivity index (χ2n) is 3.76. The molecule has 0 heterocycles. The summed E-state index contributed by atoms with van der Waals surface area (Å²) in [5, 5.41) is 0. The fraction of sp³-hybridized carbons (Fsp3) is 0.778. The van der Waals surface area contributed by atoms with Crippen LogP contribution in [0, 0.1) is 0 Å². The van der Waals surface area contributed by atoms with Crippen molar-refractivity contribution in [2.45, 2.75) is 19.9 Å². The van der Waals surface area contributed by atoms with Crippen LogP contribution in [-0.2, 0) is 37.2 Å². The number of hydrogen-bond donors (Lipinski definition) is 0. The third-order valence-electron chi connectivity index (χ3n) is 2.05. The van der Waals surface area contributed by atoms with E-state index >= 15 is 0 Å². The van der Waals surface area contributed by atoms with Gasteiger partial charge in [-0.25, -0.2) is 0 Å². The second-order valence-corrected chi connectivity index (χ2v) is 6.44. The van der Waals surface area contributed by atoms with Crippen molar-refractivity contribution in [2.75, 3.05) is 26.6 Å². The minimum atomic E-state index is -2.69. The summed E-state index contributed by atoms with van der Waals surface area (Å²) in [6.07, 6.45) is 0.462. The van der Waals surface area contributed by atoms with E-state index in [1.165, 1.54) is 13.8 Å². The van der Waals surface area contributed by atoms with E-state index in [0.717, 1.165) is 0 Å². The number of nitrogens with zero attached hydrogens (tertiary/aromatic N) is 1. The largest absolute Gasteiger partial charge is 0.331 e. The van der Waals surface area contributed by atoms with Gasteiger partial charge in [0.05, 0.1) is 12.8 Å². The first-order chi connectivity index (χ1) is 6.82. The third kappa shape index (κ3) is 7.36. The Hall–Kier alpha value is 0.0744. The molecule has 5 nitrogen and oxygen atoms in total. The number of aldehydes is 1. The Morgan fingerprint density at radius 3 is 2.31 bits per heavy atom. The van der Waals surface area contributed by atoms with E-state index < -0.39 is 13.2 Å². The molecule has 0 fully saturated rings. The molecule has 1 radical (unpaired) electrons. The van der Waals surface area contributed by atoms with Gasteiger partial charge >= 0.3 is 0 Å². The molecule has 0 spiro atoms. The summed E-state index contributed by atoms with van der Waals surface area (Å²) in [6, 6.07) is 0.0392. The monoisotopic (exact) mass is 286 g/mol. The minimum absolute atomic E-state index is 0. The molecule has 93 valence electrons. The number of ketones is 1. The van der Waals surface area contributed by atoms with Crippen LogP contribution in [0.15, 0.2) is 0 Å². The van der Waals surface area contributed by atoms with Gasteiger partial charge in [-0.2, -0.15) is 0 Å². The number of carbonyl (C=O) groups is 2. The fourth-order valence-electron chi connectivity index (χ4n) is 1.02. The predicted octanol–water partition coefficient (Wildman–Crippen LogP) is 0.974. The van der Waals surface area contributed by atoms with Gasteiger partial charge in [-0.05, 0) is 13.8 Å². The average molecular weight is 286 g/mol. The molecule has 0 saturated carbocycles. The molecule has 0 aliphatic rings. The summed E-state index contributed by atoms with van der Waals surface area (Å²) >= 11 is 0. The molecule has 1 unspecified atom stereocenters. The van der Waals surface area contributed by atoms with Gasteiger partial charge in [-0.1, -0.05) is 0 Å². The van der Waals surface area contributed by atoms with Gasteiger partial charge in [0, 0.05) is 38.4 Å². The summed E-state index contributed by atoms with van der Waals surface area (Å²) in [5.41, 5.74) is 0. The molecule has 0 saturated heterocycles. The van der Waals surface area contributed by atoms with Crippen LogP contribution >= 0.6 is 7.37 Å². The summed E-state index contributed by atoms with van der Waals surface area (Å²) in [6.45, 7) is 5.23. The Morgan fingerprint density at radius 1 is 1.50 bits per heavy atom. The number of hydrogen-bond acceptors (Lipinski definition) is 5. The van der Waals surface area contributed by atoms with Crippen LogP contribution < -0.4 is 0 Å². The Morgan fingerprint density at radius 2 is 2.00 bits per heavy atom. The Balaban J connectivity index is 0. The van der Waals surface area contributed by atoms with Gasteiger partial charge in [0.1, 0.15) is 0 Å². The molecule has 0 amide bonds. The molecule has 0 aliphatic carbocycles. The van der Waals surface area contributed by atoms with Crippen molar-refractivity contribution in [1.82, 2.24) is 4.90 Å². The molecule has 0 bridgehead atoms. The third-order valence-corrected chi connectivity index (χ3v) is 3.69. The first-order valence-electron chi connectivity index (χ1n) is 4.66. The molecule has 0 aromatic heterocycles. The van der Waals surface area contributed by atoms with Crippen molar-refractivity contribution < 1.29 is 37.2 Å². The molecular weight excluding hydrogens is 268 g/mol. The molecule has 0 aromatic rings. The molecule has 1 atom stereocenters. The number of rotatable bonds is 7. The first kappa shape index (κ1) is 18.4. The van der Waals surface area contributed by atoms with Gasteiger partial charge in [0.25, 0.3) is 0 Å². The average Bonchev–Trinajstić information content (AvgIpc) is 2.16. The molecule has 0 N–H and O–H groups in total. The second kappa shape index (κ2) is 8.21. The number of carbonyl (C=O) groups excluding carboxylic acids is 2. The van der Waals surface area contributed by atoms with Crippen molar-refractivity contribution >= 4 is 19.4 Å². The molecule has 7 heteroatoms. The van der Waals surface area contributed by atoms with Crippen LogP contribution in [0.4, 0.5) is 0 Å². The Bertz CT molecular complexity index is 283. The number of Topliss-reactive ketones (excluding diaryl/α,β-unsaturated/α-hetero) is 1. The van der Waals surface area contributed by atoms with E-state index in [2.05, 4.69) is 0 Å². The zero-order valence-electron chi connectivity index (χ0n) is 10.0. The quantitative estimate of drug-likeness (QED) is 0.396. The van der Waals surface area contributed by atoms with Gasteiger partial charge in [-0.15, -0.1) is 0 Å². The van der Waals surface area contributed by atoms with Crippen molar-refractivity contribution in [1.29, 1.82) is 0 Å². The Kier molecular flexibility index (Phi) is 9.46. The van der Waals surface area contributed by atoms with Crippen molar-refractivity contribution in [3.05, 3.63) is 0 Å². The molecule has 0 aliphatic heterocycles. The van der Waals surface area contributed by atoms with E-state index in [4.69, 9.17) is 4.52 Å². The normalized spacial score (nSPS) is 14.4. The van der Waals surface area contributed by atoms with Gasteiger partial charge < -0.3 is 4.52 Å². The van der Waals surface area contributed by atoms with Crippen LogP contribution in [0.1, 0.15) is 13.8 Å². The van der Waals surface area contributed by atoms with E-state index in [1.807, 2.05) is 13.8 Å². The summed E-state index contributed by atoms with van der Waals surface area (Å²) in [7, 11) is -1.32. The molecule has 16 heavy (non-hydrogen) atoms. The fourth-order valence-corrected chi connectivity index (χ4v) is 2.22. The van der Waals surface area contributed by atoms with Crippen molar-refractivity contribution in [2.24, 2.45) is 0 Å². The topological polar surface area (TPSA) is 63.7 Å². The zero-order valence-corrected chi connectivity index (χ0v) is 12.3. The van der Waals surface area contributed by atoms with Gasteiger partial charge in [0.2, 0.25) is 13.2 Å². The van der Waals surface area contributed by atoms with Crippen molar-refractivity contribution in [3.63, 3.8) is 0 Å². The van der Waals surface area contributed by atoms with E-state index in [9.17, 15) is 14.2 Å².